The Morgan fingerprint density at radius 2 is 2.00 bits per heavy atom. The van der Waals surface area contributed by atoms with Gasteiger partial charge in [0, 0.05) is 25.2 Å². The minimum absolute atomic E-state index is 0.191. The standard InChI is InChI=1S/C22H24N4O2/c27-22-16-5-4-6-19-20(16)21(24-25-22)17-13-15(7-8-18(17)28-19)14-23-9-12-26-10-2-1-3-11-26/h4-8,13,23H,1-3,9-12,14H2,(H,25,27). The van der Waals surface area contributed by atoms with E-state index >= 15 is 0 Å². The molecule has 0 spiro atoms. The third-order valence-corrected chi connectivity index (χ3v) is 5.68. The molecular formula is C22H24N4O2. The van der Waals surface area contributed by atoms with Crippen LogP contribution in [-0.2, 0) is 6.54 Å². The molecule has 3 heterocycles. The molecule has 0 unspecified atom stereocenters. The van der Waals surface area contributed by atoms with Crippen molar-refractivity contribution in [1.82, 2.24) is 20.4 Å². The van der Waals surface area contributed by atoms with Crippen LogP contribution in [0, 0.1) is 0 Å². The largest absolute Gasteiger partial charge is 0.456 e. The van der Waals surface area contributed by atoms with E-state index in [4.69, 9.17) is 4.74 Å². The van der Waals surface area contributed by atoms with Crippen LogP contribution >= 0.6 is 0 Å². The first kappa shape index (κ1) is 17.4. The van der Waals surface area contributed by atoms with Crippen molar-refractivity contribution >= 4 is 10.8 Å². The first-order chi connectivity index (χ1) is 13.8. The van der Waals surface area contributed by atoms with Gasteiger partial charge in [0.15, 0.2) is 0 Å². The number of nitrogens with zero attached hydrogens (tertiary/aromatic N) is 2. The summed E-state index contributed by atoms with van der Waals surface area (Å²) in [5.41, 5.74) is 2.70. The summed E-state index contributed by atoms with van der Waals surface area (Å²) < 4.78 is 6.04. The first-order valence-electron chi connectivity index (χ1n) is 10.1. The maximum atomic E-state index is 12.1. The summed E-state index contributed by atoms with van der Waals surface area (Å²) in [6.07, 6.45) is 4.02. The van der Waals surface area contributed by atoms with E-state index in [-0.39, 0.29) is 5.56 Å². The SMILES string of the molecule is O=c1[nH]nc2c3c(cccc13)Oc1ccc(CNCCN3CCCCC3)cc1-2. The normalized spacial score (nSPS) is 16.0. The van der Waals surface area contributed by atoms with Crippen molar-refractivity contribution in [1.29, 1.82) is 0 Å². The zero-order valence-electron chi connectivity index (χ0n) is 15.8. The second-order valence-electron chi connectivity index (χ2n) is 7.59. The smallest absolute Gasteiger partial charge is 0.272 e. The third kappa shape index (κ3) is 3.19. The molecule has 1 fully saturated rings. The van der Waals surface area contributed by atoms with E-state index in [1.165, 1.54) is 37.9 Å². The Labute approximate surface area is 163 Å². The van der Waals surface area contributed by atoms with Crippen molar-refractivity contribution in [2.24, 2.45) is 0 Å². The lowest BCUT2D eigenvalue weighted by Crippen LogP contribution is -2.35. The minimum Gasteiger partial charge on any atom is -0.456 e. The predicted octanol–water partition coefficient (Wildman–Crippen LogP) is 3.27. The molecule has 144 valence electrons. The highest BCUT2D eigenvalue weighted by Gasteiger charge is 2.22. The lowest BCUT2D eigenvalue weighted by molar-refractivity contribution is 0.229. The Balaban J connectivity index is 1.35. The molecule has 2 N–H and O–H groups in total. The third-order valence-electron chi connectivity index (χ3n) is 5.68. The number of benzene rings is 2. The highest BCUT2D eigenvalue weighted by atomic mass is 16.5. The van der Waals surface area contributed by atoms with Gasteiger partial charge >= 0.3 is 0 Å². The lowest BCUT2D eigenvalue weighted by Gasteiger charge is -2.26. The van der Waals surface area contributed by atoms with Crippen molar-refractivity contribution in [3.05, 3.63) is 52.3 Å². The number of fused-ring (bicyclic) bond motifs is 2. The second kappa shape index (κ2) is 7.37. The van der Waals surface area contributed by atoms with Gasteiger partial charge in [-0.2, -0.15) is 5.10 Å². The van der Waals surface area contributed by atoms with Gasteiger partial charge in [-0.25, -0.2) is 5.10 Å². The van der Waals surface area contributed by atoms with Crippen molar-refractivity contribution in [2.45, 2.75) is 25.8 Å². The van der Waals surface area contributed by atoms with Crippen LogP contribution in [0.25, 0.3) is 22.0 Å². The highest BCUT2D eigenvalue weighted by molar-refractivity contribution is 6.01. The van der Waals surface area contributed by atoms with Crippen LogP contribution in [0.2, 0.25) is 0 Å². The van der Waals surface area contributed by atoms with E-state index in [1.54, 1.807) is 0 Å². The number of piperidine rings is 1. The number of H-pyrrole nitrogens is 1. The van der Waals surface area contributed by atoms with Gasteiger partial charge in [-0.05, 0) is 55.8 Å². The molecule has 0 atom stereocenters. The summed E-state index contributed by atoms with van der Waals surface area (Å²) >= 11 is 0. The fourth-order valence-corrected chi connectivity index (χ4v) is 4.20. The van der Waals surface area contributed by atoms with Crippen molar-refractivity contribution in [3.8, 4) is 22.8 Å². The Morgan fingerprint density at radius 1 is 1.11 bits per heavy atom. The molecule has 0 saturated carbocycles. The van der Waals surface area contributed by atoms with Crippen LogP contribution in [0.3, 0.4) is 0 Å². The second-order valence-corrected chi connectivity index (χ2v) is 7.59. The Morgan fingerprint density at radius 3 is 2.89 bits per heavy atom. The summed E-state index contributed by atoms with van der Waals surface area (Å²) in [5, 5.41) is 11.9. The molecule has 2 aliphatic rings. The number of rotatable bonds is 5. The molecule has 0 aliphatic carbocycles. The van der Waals surface area contributed by atoms with Gasteiger partial charge in [0.1, 0.15) is 17.2 Å². The van der Waals surface area contributed by atoms with Crippen LogP contribution in [0.15, 0.2) is 41.2 Å². The number of ether oxygens (including phenoxy) is 1. The molecule has 0 amide bonds. The topological polar surface area (TPSA) is 70.2 Å². The van der Waals surface area contributed by atoms with E-state index < -0.39 is 0 Å². The van der Waals surface area contributed by atoms with Crippen molar-refractivity contribution in [2.75, 3.05) is 26.2 Å². The van der Waals surface area contributed by atoms with Crippen LogP contribution in [-0.4, -0.2) is 41.3 Å². The van der Waals surface area contributed by atoms with Gasteiger partial charge in [0.25, 0.3) is 5.56 Å². The number of hydrogen-bond acceptors (Lipinski definition) is 5. The van der Waals surface area contributed by atoms with Gasteiger partial charge in [-0.3, -0.25) is 4.79 Å². The van der Waals surface area contributed by atoms with Crippen LogP contribution in [0.5, 0.6) is 11.5 Å². The Kier molecular flexibility index (Phi) is 4.58. The van der Waals surface area contributed by atoms with Crippen molar-refractivity contribution in [3.63, 3.8) is 0 Å². The maximum absolute atomic E-state index is 12.1. The van der Waals surface area contributed by atoms with E-state index in [9.17, 15) is 4.79 Å². The van der Waals surface area contributed by atoms with E-state index in [2.05, 4.69) is 32.5 Å². The predicted molar refractivity (Wildman–Crippen MR) is 110 cm³/mol. The molecule has 1 aromatic heterocycles. The van der Waals surface area contributed by atoms with E-state index in [0.717, 1.165) is 42.0 Å². The average Bonchev–Trinajstić information content (AvgIpc) is 2.74. The summed E-state index contributed by atoms with van der Waals surface area (Å²) in [7, 11) is 0. The van der Waals surface area contributed by atoms with Gasteiger partial charge in [-0.1, -0.05) is 18.6 Å². The number of nitrogens with one attached hydrogen (secondary N) is 2. The lowest BCUT2D eigenvalue weighted by atomic mass is 9.99. The number of aromatic amines is 1. The Bertz CT molecular complexity index is 1070. The number of hydrogen-bond donors (Lipinski definition) is 2. The molecule has 5 rings (SSSR count). The van der Waals surface area contributed by atoms with Crippen molar-refractivity contribution < 1.29 is 4.74 Å². The summed E-state index contributed by atoms with van der Waals surface area (Å²) in [4.78, 5) is 14.7. The van der Waals surface area contributed by atoms with Gasteiger partial charge in [0.2, 0.25) is 0 Å². The van der Waals surface area contributed by atoms with Gasteiger partial charge < -0.3 is 15.0 Å². The van der Waals surface area contributed by atoms with Crippen LogP contribution < -0.4 is 15.6 Å². The maximum Gasteiger partial charge on any atom is 0.272 e. The fourth-order valence-electron chi connectivity index (χ4n) is 4.20. The molecule has 1 saturated heterocycles. The molecule has 0 bridgehead atoms. The molecule has 0 radical (unpaired) electrons. The molecule has 6 heteroatoms. The van der Waals surface area contributed by atoms with E-state index in [1.807, 2.05) is 24.3 Å². The van der Waals surface area contributed by atoms with Crippen LogP contribution in [0.4, 0.5) is 0 Å². The zero-order valence-corrected chi connectivity index (χ0v) is 15.8. The first-order valence-corrected chi connectivity index (χ1v) is 10.1. The summed E-state index contributed by atoms with van der Waals surface area (Å²) in [6.45, 7) is 5.34. The monoisotopic (exact) mass is 376 g/mol. The number of likely N-dealkylation sites (tertiary alicyclic amines) is 1. The average molecular weight is 376 g/mol. The summed E-state index contributed by atoms with van der Waals surface area (Å²) in [6, 6.07) is 11.7. The van der Waals surface area contributed by atoms with Gasteiger partial charge in [-0.15, -0.1) is 0 Å². The minimum atomic E-state index is -0.191. The fraction of sp³-hybridized carbons (Fsp3) is 0.364. The van der Waals surface area contributed by atoms with Crippen LogP contribution in [0.1, 0.15) is 24.8 Å². The molecule has 28 heavy (non-hydrogen) atoms. The van der Waals surface area contributed by atoms with E-state index in [0.29, 0.717) is 11.1 Å². The Hall–Kier alpha value is -2.70. The molecule has 3 aromatic rings. The summed E-state index contributed by atoms with van der Waals surface area (Å²) in [5.74, 6) is 1.46. The quantitative estimate of drug-likeness (QED) is 0.523. The van der Waals surface area contributed by atoms with Gasteiger partial charge in [0.05, 0.1) is 10.8 Å². The highest BCUT2D eigenvalue weighted by Crippen LogP contribution is 2.44. The zero-order chi connectivity index (χ0) is 18.9. The molecule has 6 nitrogen and oxygen atoms in total. The molecule has 2 aliphatic heterocycles. The number of aromatic nitrogens is 2. The molecular weight excluding hydrogens is 352 g/mol. The molecule has 2 aromatic carbocycles.